The van der Waals surface area contributed by atoms with Gasteiger partial charge in [-0.25, -0.2) is 4.99 Å². The number of nitrogens with one attached hydrogen (secondary N) is 1. The number of aliphatic imine (C=N–C) groups is 1. The second-order valence-corrected chi connectivity index (χ2v) is 7.38. The van der Waals surface area contributed by atoms with Gasteiger partial charge in [0.15, 0.2) is 0 Å². The Morgan fingerprint density at radius 3 is 2.22 bits per heavy atom. The lowest BCUT2D eigenvalue weighted by atomic mass is 10.0. The van der Waals surface area contributed by atoms with E-state index in [1.165, 1.54) is 24.3 Å². The molecule has 140 valence electrons. The van der Waals surface area contributed by atoms with Crippen LogP contribution in [0.4, 0.5) is 17.1 Å². The summed E-state index contributed by atoms with van der Waals surface area (Å²) in [6, 6.07) is 12.2. The summed E-state index contributed by atoms with van der Waals surface area (Å²) >= 11 is 0. The summed E-state index contributed by atoms with van der Waals surface area (Å²) in [5.41, 5.74) is 21.4. The topological polar surface area (TPSA) is 157 Å². The van der Waals surface area contributed by atoms with E-state index in [9.17, 15) is 8.42 Å². The van der Waals surface area contributed by atoms with Gasteiger partial charge in [0.05, 0.1) is 28.0 Å². The van der Waals surface area contributed by atoms with Gasteiger partial charge in [-0.05, 0) is 60.7 Å². The zero-order valence-corrected chi connectivity index (χ0v) is 15.0. The van der Waals surface area contributed by atoms with Crippen molar-refractivity contribution in [2.75, 3.05) is 11.1 Å². The number of hydrogen-bond acceptors (Lipinski definition) is 7. The van der Waals surface area contributed by atoms with Crippen LogP contribution in [0.1, 0.15) is 0 Å². The Bertz CT molecular complexity index is 1040. The van der Waals surface area contributed by atoms with E-state index in [0.717, 1.165) is 0 Å². The highest BCUT2D eigenvalue weighted by Gasteiger charge is 2.17. The molecule has 1 unspecified atom stereocenters. The number of hydrogen-bond donors (Lipinski definition) is 5. The Hall–Kier alpha value is -3.14. The van der Waals surface area contributed by atoms with Gasteiger partial charge in [-0.3, -0.25) is 4.55 Å². The Morgan fingerprint density at radius 1 is 1.00 bits per heavy atom. The highest BCUT2D eigenvalue weighted by Crippen LogP contribution is 2.21. The fourth-order valence-corrected chi connectivity index (χ4v) is 2.96. The number of rotatable bonds is 4. The minimum absolute atomic E-state index is 0.190. The predicted octanol–water partition coefficient (Wildman–Crippen LogP) is 1.77. The summed E-state index contributed by atoms with van der Waals surface area (Å²) in [7, 11) is -4.24. The van der Waals surface area contributed by atoms with E-state index in [4.69, 9.17) is 21.8 Å². The molecule has 2 aromatic rings. The quantitative estimate of drug-likeness (QED) is 0.396. The fraction of sp³-hybridized carbons (Fsp3) is 0.0556. The Labute approximate surface area is 156 Å². The van der Waals surface area contributed by atoms with E-state index in [2.05, 4.69) is 10.3 Å². The average molecular weight is 385 g/mol. The van der Waals surface area contributed by atoms with E-state index in [0.29, 0.717) is 34.2 Å². The first-order valence-corrected chi connectivity index (χ1v) is 9.40. The molecular weight excluding hydrogens is 366 g/mol. The maximum atomic E-state index is 11.1. The van der Waals surface area contributed by atoms with Crippen LogP contribution in [-0.2, 0) is 10.1 Å². The molecule has 0 spiro atoms. The molecule has 8 N–H and O–H groups in total. The van der Waals surface area contributed by atoms with Crippen LogP contribution < -0.4 is 22.5 Å². The molecule has 0 aliphatic heterocycles. The smallest absolute Gasteiger partial charge is 0.294 e. The lowest BCUT2D eigenvalue weighted by Crippen LogP contribution is -2.31. The van der Waals surface area contributed by atoms with E-state index >= 15 is 0 Å². The van der Waals surface area contributed by atoms with Gasteiger partial charge in [0.2, 0.25) is 0 Å². The molecule has 1 aliphatic rings. The number of nitrogen functional groups attached to an aromatic ring is 1. The maximum absolute atomic E-state index is 11.1. The molecule has 0 heterocycles. The van der Waals surface area contributed by atoms with Crippen molar-refractivity contribution in [3.05, 3.63) is 72.1 Å². The van der Waals surface area contributed by atoms with Gasteiger partial charge in [-0.2, -0.15) is 8.42 Å². The highest BCUT2D eigenvalue weighted by molar-refractivity contribution is 7.85. The van der Waals surface area contributed by atoms with Crippen LogP contribution >= 0.6 is 0 Å². The molecule has 8 nitrogen and oxygen atoms in total. The number of benzene rings is 2. The van der Waals surface area contributed by atoms with Gasteiger partial charge in [0, 0.05) is 17.1 Å². The lowest BCUT2D eigenvalue weighted by molar-refractivity contribution is 0.483. The van der Waals surface area contributed by atoms with Crippen molar-refractivity contribution >= 4 is 32.9 Å². The fourth-order valence-electron chi connectivity index (χ4n) is 2.48. The Kier molecular flexibility index (Phi) is 5.00. The molecule has 9 heteroatoms. The van der Waals surface area contributed by atoms with Gasteiger partial charge in [0.1, 0.15) is 0 Å². The monoisotopic (exact) mass is 385 g/mol. The van der Waals surface area contributed by atoms with Crippen LogP contribution in [0.2, 0.25) is 0 Å². The van der Waals surface area contributed by atoms with Gasteiger partial charge >= 0.3 is 0 Å². The van der Waals surface area contributed by atoms with Crippen LogP contribution in [0.3, 0.4) is 0 Å². The maximum Gasteiger partial charge on any atom is 0.294 e. The normalized spacial score (nSPS) is 18.7. The number of anilines is 2. The lowest BCUT2D eigenvalue weighted by Gasteiger charge is -2.21. The molecule has 0 bridgehead atoms. The second-order valence-electron chi connectivity index (χ2n) is 5.96. The van der Waals surface area contributed by atoms with Crippen molar-refractivity contribution in [2.24, 2.45) is 16.5 Å². The molecule has 1 aliphatic carbocycles. The summed E-state index contributed by atoms with van der Waals surface area (Å²) in [5, 5.41) is 3.11. The SMILES string of the molecule is NC1=CC(N)C(Nc2ccc(S(=O)(=O)O)cc2)=CC1=Nc1ccc(N)cc1. The van der Waals surface area contributed by atoms with Gasteiger partial charge in [-0.15, -0.1) is 0 Å². The van der Waals surface area contributed by atoms with Crippen LogP contribution in [0.5, 0.6) is 0 Å². The Morgan fingerprint density at radius 2 is 1.63 bits per heavy atom. The first-order valence-electron chi connectivity index (χ1n) is 7.96. The first kappa shape index (κ1) is 18.6. The van der Waals surface area contributed by atoms with Crippen molar-refractivity contribution in [1.29, 1.82) is 0 Å². The molecule has 0 aromatic heterocycles. The molecule has 0 fully saturated rings. The average Bonchev–Trinajstić information content (AvgIpc) is 2.60. The van der Waals surface area contributed by atoms with Gasteiger partial charge in [-0.1, -0.05) is 0 Å². The molecule has 1 atom stereocenters. The second kappa shape index (κ2) is 7.23. The Balaban J connectivity index is 1.86. The molecule has 0 saturated heterocycles. The summed E-state index contributed by atoms with van der Waals surface area (Å²) in [4.78, 5) is 4.31. The van der Waals surface area contributed by atoms with E-state index in [-0.39, 0.29) is 4.90 Å². The zero-order valence-electron chi connectivity index (χ0n) is 14.2. The summed E-state index contributed by atoms with van der Waals surface area (Å²) in [6.07, 6.45) is 3.40. The third kappa shape index (κ3) is 4.53. The zero-order chi connectivity index (χ0) is 19.6. The van der Waals surface area contributed by atoms with Crippen LogP contribution in [-0.4, -0.2) is 24.7 Å². The summed E-state index contributed by atoms with van der Waals surface area (Å²) in [5.74, 6) is 0. The van der Waals surface area contributed by atoms with E-state index in [1.54, 1.807) is 36.4 Å². The predicted molar refractivity (Wildman–Crippen MR) is 106 cm³/mol. The van der Waals surface area contributed by atoms with Crippen LogP contribution in [0.25, 0.3) is 0 Å². The molecule has 27 heavy (non-hydrogen) atoms. The third-order valence-corrected chi connectivity index (χ3v) is 4.76. The minimum Gasteiger partial charge on any atom is -0.399 e. The molecule has 3 rings (SSSR count). The van der Waals surface area contributed by atoms with E-state index < -0.39 is 16.2 Å². The standard InChI is InChI=1S/C18H19N5O3S/c19-11-1-3-12(4-2-11)22-17-10-18(16(21)9-15(17)20)23-13-5-7-14(8-6-13)27(24,25)26/h1-10,16,23H,19-21H2,(H,24,25,26). The van der Waals surface area contributed by atoms with Crippen LogP contribution in [0.15, 0.2) is 82.0 Å². The molecule has 0 amide bonds. The number of nitrogens with zero attached hydrogens (tertiary/aromatic N) is 1. The van der Waals surface area contributed by atoms with Crippen molar-refractivity contribution in [2.45, 2.75) is 10.9 Å². The first-order chi connectivity index (χ1) is 12.7. The molecule has 0 saturated carbocycles. The minimum atomic E-state index is -4.24. The molecule has 0 radical (unpaired) electrons. The number of allylic oxidation sites excluding steroid dienone is 1. The number of nitrogens with two attached hydrogens (primary N) is 3. The molecule has 2 aromatic carbocycles. The highest BCUT2D eigenvalue weighted by atomic mass is 32.2. The van der Waals surface area contributed by atoms with E-state index in [1.807, 2.05) is 0 Å². The summed E-state index contributed by atoms with van der Waals surface area (Å²) in [6.45, 7) is 0. The summed E-state index contributed by atoms with van der Waals surface area (Å²) < 4.78 is 31.3. The third-order valence-electron chi connectivity index (χ3n) is 3.89. The van der Waals surface area contributed by atoms with Crippen molar-refractivity contribution in [1.82, 2.24) is 0 Å². The van der Waals surface area contributed by atoms with Crippen molar-refractivity contribution < 1.29 is 13.0 Å². The molecular formula is C18H19N5O3S. The van der Waals surface area contributed by atoms with Gasteiger partial charge in [0.25, 0.3) is 10.1 Å². The van der Waals surface area contributed by atoms with Gasteiger partial charge < -0.3 is 22.5 Å². The largest absolute Gasteiger partial charge is 0.399 e. The van der Waals surface area contributed by atoms with Crippen LogP contribution in [0, 0.1) is 0 Å². The van der Waals surface area contributed by atoms with Crippen molar-refractivity contribution in [3.8, 4) is 0 Å². The van der Waals surface area contributed by atoms with Crippen molar-refractivity contribution in [3.63, 3.8) is 0 Å².